The topological polar surface area (TPSA) is 85.1 Å². The van der Waals surface area contributed by atoms with Crippen molar-refractivity contribution in [2.75, 3.05) is 5.75 Å². The van der Waals surface area contributed by atoms with Crippen LogP contribution in [0.4, 0.5) is 0 Å². The Morgan fingerprint density at radius 3 is 2.73 bits per heavy atom. The van der Waals surface area contributed by atoms with Gasteiger partial charge in [-0.2, -0.15) is 12.6 Å². The maximum atomic E-state index is 11.5. The second-order valence-electron chi connectivity index (χ2n) is 3.12. The zero-order valence-corrected chi connectivity index (χ0v) is 9.02. The van der Waals surface area contributed by atoms with Crippen molar-refractivity contribution in [3.05, 3.63) is 11.9 Å². The predicted octanol–water partition coefficient (Wildman–Crippen LogP) is 0.0185. The highest BCUT2D eigenvalue weighted by molar-refractivity contribution is 7.80. The van der Waals surface area contributed by atoms with Gasteiger partial charge in [0.15, 0.2) is 5.78 Å². The van der Waals surface area contributed by atoms with Crippen LogP contribution in [0.15, 0.2) is 6.20 Å². The number of hydrogen-bond donors (Lipinski definition) is 2. The Kier molecular flexibility index (Phi) is 3.84. The fraction of sp³-hybridized carbons (Fsp3) is 0.500. The summed E-state index contributed by atoms with van der Waals surface area (Å²) in [6.07, 6.45) is 1.36. The number of aryl methyl sites for hydroxylation is 1. The Hall–Kier alpha value is -1.37. The molecular weight excluding hydrogens is 218 g/mol. The number of aliphatic carboxylic acids is 1. The lowest BCUT2D eigenvalue weighted by atomic mass is 10.0. The molecule has 0 aromatic carbocycles. The van der Waals surface area contributed by atoms with Crippen molar-refractivity contribution in [3.63, 3.8) is 0 Å². The molecule has 1 N–H and O–H groups in total. The Morgan fingerprint density at radius 1 is 1.67 bits per heavy atom. The number of Topliss-reactive ketones (excluding diaryl/α,β-unsaturated/α-hetero) is 1. The number of carboxylic acids is 1. The van der Waals surface area contributed by atoms with Crippen molar-refractivity contribution in [3.8, 4) is 0 Å². The summed E-state index contributed by atoms with van der Waals surface area (Å²) in [5, 5.41) is 15.9. The number of thiol groups is 1. The first-order valence-electron chi connectivity index (χ1n) is 4.27. The van der Waals surface area contributed by atoms with E-state index in [2.05, 4.69) is 22.9 Å². The number of rotatable bonds is 5. The van der Waals surface area contributed by atoms with Crippen LogP contribution in [-0.4, -0.2) is 37.6 Å². The van der Waals surface area contributed by atoms with Crippen LogP contribution in [0, 0.1) is 5.92 Å². The Bertz CT molecular complexity index is 377. The van der Waals surface area contributed by atoms with Crippen LogP contribution in [0.2, 0.25) is 0 Å². The third-order valence-electron chi connectivity index (χ3n) is 1.89. The SMILES string of the molecule is Cn1cc(C(=O)CC(CS)C(=O)O)nn1. The first kappa shape index (κ1) is 11.7. The van der Waals surface area contributed by atoms with Gasteiger partial charge in [0.05, 0.1) is 12.1 Å². The highest BCUT2D eigenvalue weighted by Crippen LogP contribution is 2.10. The molecule has 0 saturated heterocycles. The zero-order valence-electron chi connectivity index (χ0n) is 8.12. The molecule has 1 aromatic rings. The van der Waals surface area contributed by atoms with Crippen LogP contribution < -0.4 is 0 Å². The van der Waals surface area contributed by atoms with E-state index in [0.717, 1.165) is 0 Å². The predicted molar refractivity (Wildman–Crippen MR) is 54.9 cm³/mol. The van der Waals surface area contributed by atoms with E-state index in [1.54, 1.807) is 7.05 Å². The van der Waals surface area contributed by atoms with Gasteiger partial charge in [0, 0.05) is 19.2 Å². The lowest BCUT2D eigenvalue weighted by Gasteiger charge is -2.05. The maximum Gasteiger partial charge on any atom is 0.307 e. The van der Waals surface area contributed by atoms with E-state index in [4.69, 9.17) is 5.11 Å². The van der Waals surface area contributed by atoms with Crippen molar-refractivity contribution < 1.29 is 14.7 Å². The molecule has 0 bridgehead atoms. The van der Waals surface area contributed by atoms with Crippen LogP contribution in [0.1, 0.15) is 16.9 Å². The van der Waals surface area contributed by atoms with Crippen molar-refractivity contribution in [2.45, 2.75) is 6.42 Å². The zero-order chi connectivity index (χ0) is 11.4. The van der Waals surface area contributed by atoms with E-state index in [0.29, 0.717) is 0 Å². The average molecular weight is 229 g/mol. The summed E-state index contributed by atoms with van der Waals surface area (Å²) in [5.74, 6) is -2.00. The molecule has 0 amide bonds. The summed E-state index contributed by atoms with van der Waals surface area (Å²) < 4.78 is 1.39. The monoisotopic (exact) mass is 229 g/mol. The molecule has 0 fully saturated rings. The number of ketones is 1. The summed E-state index contributed by atoms with van der Waals surface area (Å²) in [5.41, 5.74) is 0.186. The fourth-order valence-corrected chi connectivity index (χ4v) is 1.32. The van der Waals surface area contributed by atoms with Gasteiger partial charge >= 0.3 is 5.97 Å². The molecule has 15 heavy (non-hydrogen) atoms. The number of carbonyl (C=O) groups excluding carboxylic acids is 1. The lowest BCUT2D eigenvalue weighted by molar-refractivity contribution is -0.140. The minimum atomic E-state index is -1.03. The molecule has 0 saturated carbocycles. The molecule has 0 aliphatic rings. The van der Waals surface area contributed by atoms with Crippen LogP contribution >= 0.6 is 12.6 Å². The van der Waals surface area contributed by atoms with E-state index >= 15 is 0 Å². The molecular formula is C8H11N3O3S. The Morgan fingerprint density at radius 2 is 2.33 bits per heavy atom. The second kappa shape index (κ2) is 4.92. The van der Waals surface area contributed by atoms with Gasteiger partial charge in [-0.1, -0.05) is 5.21 Å². The Labute approximate surface area is 91.7 Å². The van der Waals surface area contributed by atoms with E-state index in [1.807, 2.05) is 0 Å². The Balaban J connectivity index is 2.66. The number of carboxylic acid groups (broad SMARTS) is 1. The highest BCUT2D eigenvalue weighted by atomic mass is 32.1. The van der Waals surface area contributed by atoms with Gasteiger partial charge in [-0.3, -0.25) is 14.3 Å². The molecule has 6 nitrogen and oxygen atoms in total. The minimum absolute atomic E-state index is 0.0997. The summed E-state index contributed by atoms with van der Waals surface area (Å²) >= 11 is 3.87. The van der Waals surface area contributed by atoms with Gasteiger partial charge < -0.3 is 5.11 Å². The van der Waals surface area contributed by atoms with Crippen LogP contribution in [-0.2, 0) is 11.8 Å². The van der Waals surface area contributed by atoms with Gasteiger partial charge in [-0.05, 0) is 0 Å². The van der Waals surface area contributed by atoms with E-state index in [-0.39, 0.29) is 23.7 Å². The third kappa shape index (κ3) is 3.05. The molecule has 82 valence electrons. The fourth-order valence-electron chi connectivity index (χ4n) is 1.03. The van der Waals surface area contributed by atoms with Gasteiger partial charge in [0.25, 0.3) is 0 Å². The summed E-state index contributed by atoms with van der Waals surface area (Å²) in [6, 6.07) is 0. The van der Waals surface area contributed by atoms with Crippen LogP contribution in [0.5, 0.6) is 0 Å². The van der Waals surface area contributed by atoms with Crippen LogP contribution in [0.3, 0.4) is 0 Å². The van der Waals surface area contributed by atoms with E-state index in [1.165, 1.54) is 10.9 Å². The molecule has 7 heteroatoms. The van der Waals surface area contributed by atoms with Crippen molar-refractivity contribution >= 4 is 24.4 Å². The van der Waals surface area contributed by atoms with Crippen molar-refractivity contribution in [1.29, 1.82) is 0 Å². The molecule has 1 unspecified atom stereocenters. The van der Waals surface area contributed by atoms with Gasteiger partial charge in [-0.15, -0.1) is 5.10 Å². The molecule has 0 aliphatic carbocycles. The number of nitrogens with zero attached hydrogens (tertiary/aromatic N) is 3. The first-order valence-corrected chi connectivity index (χ1v) is 4.91. The molecule has 0 radical (unpaired) electrons. The number of carbonyl (C=O) groups is 2. The van der Waals surface area contributed by atoms with Crippen LogP contribution in [0.25, 0.3) is 0 Å². The summed E-state index contributed by atoms with van der Waals surface area (Å²) in [6.45, 7) is 0. The number of hydrogen-bond acceptors (Lipinski definition) is 5. The quantitative estimate of drug-likeness (QED) is 0.549. The third-order valence-corrected chi connectivity index (χ3v) is 2.33. The van der Waals surface area contributed by atoms with Gasteiger partial charge in [0.2, 0.25) is 0 Å². The summed E-state index contributed by atoms with van der Waals surface area (Å²) in [7, 11) is 1.64. The second-order valence-corrected chi connectivity index (χ2v) is 3.49. The molecule has 1 heterocycles. The summed E-state index contributed by atoms with van der Waals surface area (Å²) in [4.78, 5) is 22.2. The largest absolute Gasteiger partial charge is 0.481 e. The maximum absolute atomic E-state index is 11.5. The van der Waals surface area contributed by atoms with Gasteiger partial charge in [-0.25, -0.2) is 0 Å². The number of aromatic nitrogens is 3. The van der Waals surface area contributed by atoms with E-state index < -0.39 is 11.9 Å². The average Bonchev–Trinajstić information content (AvgIpc) is 2.60. The lowest BCUT2D eigenvalue weighted by Crippen LogP contribution is -2.19. The van der Waals surface area contributed by atoms with Gasteiger partial charge in [0.1, 0.15) is 5.69 Å². The smallest absolute Gasteiger partial charge is 0.307 e. The standard InChI is InChI=1S/C8H11N3O3S/c1-11-3-6(9-10-11)7(12)2-5(4-15)8(13)14/h3,5,15H,2,4H2,1H3,(H,13,14). The van der Waals surface area contributed by atoms with Crippen molar-refractivity contribution in [2.24, 2.45) is 13.0 Å². The van der Waals surface area contributed by atoms with Crippen molar-refractivity contribution in [1.82, 2.24) is 15.0 Å². The molecule has 1 aromatic heterocycles. The molecule has 1 atom stereocenters. The van der Waals surface area contributed by atoms with E-state index in [9.17, 15) is 9.59 Å². The highest BCUT2D eigenvalue weighted by Gasteiger charge is 2.21. The molecule has 1 rings (SSSR count). The molecule has 0 spiro atoms. The minimum Gasteiger partial charge on any atom is -0.481 e. The normalized spacial score (nSPS) is 12.4. The first-order chi connectivity index (χ1) is 7.04. The molecule has 0 aliphatic heterocycles.